The Kier molecular flexibility index (Phi) is 17.5. The van der Waals surface area contributed by atoms with Crippen LogP contribution in [-0.4, -0.2) is 100 Å². The highest BCUT2D eigenvalue weighted by molar-refractivity contribution is 6.02. The van der Waals surface area contributed by atoms with E-state index in [0.29, 0.717) is 35.1 Å². The molecule has 2 aromatic heterocycles. The first-order valence-electron chi connectivity index (χ1n) is 23.4. The number of unbranched alkanes of at least 4 members (excludes halogenated alkanes) is 2. The molecular weight excluding hydrogens is 921 g/mol. The molecule has 6 rings (SSSR count). The van der Waals surface area contributed by atoms with Crippen LogP contribution in [0.5, 0.6) is 0 Å². The lowest BCUT2D eigenvalue weighted by Crippen LogP contribution is -2.66. The molecule has 0 spiro atoms. The Balaban J connectivity index is 1.55. The number of nitrogens with zero attached hydrogens (tertiary/aromatic N) is 4. The molecule has 4 aromatic carbocycles. The van der Waals surface area contributed by atoms with Gasteiger partial charge in [-0.2, -0.15) is 0 Å². The van der Waals surface area contributed by atoms with E-state index in [2.05, 4.69) is 10.6 Å². The number of carbonyl (C=O) groups excluding carboxylic acids is 2. The molecule has 0 saturated carbocycles. The number of nitrogen functional groups attached to an aromatic ring is 2. The number of rotatable bonds is 25. The number of benzene rings is 4. The summed E-state index contributed by atoms with van der Waals surface area (Å²) in [5, 5.41) is 48.1. The van der Waals surface area contributed by atoms with Crippen molar-refractivity contribution in [2.24, 2.45) is 0 Å². The SMILES string of the molecule is CCCCC(NC(=O)c1ccccc1N)(C(=O)O)N(CC(=O)O)Cc1cc(-c2ccccc2)cc(-c2cc(-c3ccccc3)cc(CN(CC(=O)O)C(CCCC)(NC(=O)c3ccccc3N)C(=O)O)n2)n1. The molecule has 2 heterocycles. The summed E-state index contributed by atoms with van der Waals surface area (Å²) in [4.78, 5) is 92.8. The number of hydrogen-bond donors (Lipinski definition) is 8. The number of carboxylic acid groups (broad SMARTS) is 4. The number of nitrogens with one attached hydrogen (secondary N) is 2. The molecular formula is C54H58N8O10. The van der Waals surface area contributed by atoms with Gasteiger partial charge < -0.3 is 42.5 Å². The molecule has 18 heteroatoms. The highest BCUT2D eigenvalue weighted by Gasteiger charge is 2.48. The minimum Gasteiger partial charge on any atom is -0.480 e. The van der Waals surface area contributed by atoms with E-state index < -0.39 is 73.2 Å². The van der Waals surface area contributed by atoms with Crippen molar-refractivity contribution in [3.8, 4) is 33.6 Å². The molecule has 0 bridgehead atoms. The molecule has 2 atom stereocenters. The summed E-state index contributed by atoms with van der Waals surface area (Å²) in [6.07, 6.45) is 1.17. The molecule has 0 fully saturated rings. The van der Waals surface area contributed by atoms with Crippen molar-refractivity contribution in [3.05, 3.63) is 156 Å². The first-order chi connectivity index (χ1) is 34.5. The summed E-state index contributed by atoms with van der Waals surface area (Å²) in [5.41, 5.74) is 11.3. The van der Waals surface area contributed by atoms with Crippen LogP contribution < -0.4 is 22.1 Å². The van der Waals surface area contributed by atoms with E-state index in [4.69, 9.17) is 21.4 Å². The van der Waals surface area contributed by atoms with Crippen molar-refractivity contribution >= 4 is 47.1 Å². The number of amides is 2. The third-order valence-electron chi connectivity index (χ3n) is 12.2. The molecule has 18 nitrogen and oxygen atoms in total. The second kappa shape index (κ2) is 23.9. The van der Waals surface area contributed by atoms with Crippen LogP contribution in [0.3, 0.4) is 0 Å². The molecule has 2 unspecified atom stereocenters. The number of anilines is 2. The van der Waals surface area contributed by atoms with Crippen LogP contribution in [0.2, 0.25) is 0 Å². The van der Waals surface area contributed by atoms with E-state index in [1.165, 1.54) is 24.3 Å². The maximum atomic E-state index is 13.9. The van der Waals surface area contributed by atoms with Crippen LogP contribution in [0.15, 0.2) is 133 Å². The van der Waals surface area contributed by atoms with Crippen molar-refractivity contribution in [2.75, 3.05) is 24.6 Å². The molecule has 6 aromatic rings. The molecule has 0 aliphatic heterocycles. The average molecular weight is 979 g/mol. The Morgan fingerprint density at radius 3 is 1.17 bits per heavy atom. The van der Waals surface area contributed by atoms with Gasteiger partial charge in [-0.1, -0.05) is 112 Å². The fourth-order valence-corrected chi connectivity index (χ4v) is 8.54. The molecule has 0 aliphatic carbocycles. The van der Waals surface area contributed by atoms with Gasteiger partial charge in [0.05, 0.1) is 47.0 Å². The number of aromatic nitrogens is 2. The van der Waals surface area contributed by atoms with Crippen LogP contribution >= 0.6 is 0 Å². The Morgan fingerprint density at radius 2 is 0.847 bits per heavy atom. The van der Waals surface area contributed by atoms with Crippen molar-refractivity contribution < 1.29 is 49.2 Å². The number of aliphatic carboxylic acids is 4. The summed E-state index contributed by atoms with van der Waals surface area (Å²) >= 11 is 0. The summed E-state index contributed by atoms with van der Waals surface area (Å²) < 4.78 is 0. The lowest BCUT2D eigenvalue weighted by Gasteiger charge is -2.40. The van der Waals surface area contributed by atoms with Gasteiger partial charge in [0, 0.05) is 24.5 Å². The van der Waals surface area contributed by atoms with Crippen molar-refractivity contribution in [1.82, 2.24) is 30.4 Å². The quantitative estimate of drug-likeness (QED) is 0.0207. The minimum atomic E-state index is -2.28. The maximum Gasteiger partial charge on any atom is 0.344 e. The van der Waals surface area contributed by atoms with E-state index in [1.54, 1.807) is 48.5 Å². The highest BCUT2D eigenvalue weighted by atomic mass is 16.4. The van der Waals surface area contributed by atoms with Crippen LogP contribution in [-0.2, 0) is 32.3 Å². The van der Waals surface area contributed by atoms with E-state index in [0.717, 1.165) is 9.80 Å². The van der Waals surface area contributed by atoms with Gasteiger partial charge in [0.2, 0.25) is 0 Å². The third-order valence-corrected chi connectivity index (χ3v) is 12.2. The highest BCUT2D eigenvalue weighted by Crippen LogP contribution is 2.33. The van der Waals surface area contributed by atoms with Gasteiger partial charge in [-0.05, 0) is 96.5 Å². The molecule has 10 N–H and O–H groups in total. The third kappa shape index (κ3) is 12.6. The van der Waals surface area contributed by atoms with E-state index in [1.807, 2.05) is 74.5 Å². The lowest BCUT2D eigenvalue weighted by molar-refractivity contribution is -0.159. The van der Waals surface area contributed by atoms with Gasteiger partial charge in [-0.25, -0.2) is 19.6 Å². The fourth-order valence-electron chi connectivity index (χ4n) is 8.54. The van der Waals surface area contributed by atoms with Gasteiger partial charge >= 0.3 is 23.9 Å². The van der Waals surface area contributed by atoms with Crippen molar-refractivity contribution in [1.29, 1.82) is 0 Å². The first-order valence-corrected chi connectivity index (χ1v) is 23.4. The van der Waals surface area contributed by atoms with Gasteiger partial charge in [0.1, 0.15) is 0 Å². The Bertz CT molecular complexity index is 2720. The smallest absolute Gasteiger partial charge is 0.344 e. The van der Waals surface area contributed by atoms with E-state index >= 15 is 0 Å². The number of pyridine rings is 2. The topological polar surface area (TPSA) is 292 Å². The summed E-state index contributed by atoms with van der Waals surface area (Å²) in [6, 6.07) is 37.4. The average Bonchev–Trinajstić information content (AvgIpc) is 3.36. The fraction of sp³-hybridized carbons (Fsp3) is 0.259. The second-order valence-corrected chi connectivity index (χ2v) is 17.3. The number of para-hydroxylation sites is 2. The largest absolute Gasteiger partial charge is 0.480 e. The first kappa shape index (κ1) is 52.9. The normalized spacial score (nSPS) is 12.9. The molecule has 0 aliphatic rings. The second-order valence-electron chi connectivity index (χ2n) is 17.3. The standard InChI is InChI=1S/C54H58N8O10/c1-3-5-25-53(51(69)70,59-49(67)41-21-13-15-23-43(41)55)61(33-47(63)64)31-39-27-37(35-17-9-7-10-18-35)29-45(57-39)46-30-38(36-19-11-8-12-20-36)28-40(58-46)32-62(34-48(65)66)54(52(71)72,26-6-4-2)60-50(68)42-22-14-16-24-44(42)56/h7-24,27-30H,3-6,25-26,31-34,55-56H2,1-2H3,(H,59,67)(H,60,68)(H,63,64)(H,65,66)(H,69,70)(H,71,72). The summed E-state index contributed by atoms with van der Waals surface area (Å²) in [6.45, 7) is 1.16. The zero-order valence-corrected chi connectivity index (χ0v) is 40.0. The Morgan fingerprint density at radius 1 is 0.500 bits per heavy atom. The number of carboxylic acids is 4. The van der Waals surface area contributed by atoms with Gasteiger partial charge in [0.25, 0.3) is 11.8 Å². The molecule has 72 heavy (non-hydrogen) atoms. The zero-order valence-electron chi connectivity index (χ0n) is 40.0. The molecule has 374 valence electrons. The lowest BCUT2D eigenvalue weighted by atomic mass is 9.97. The number of nitrogens with two attached hydrogens (primary N) is 2. The summed E-state index contributed by atoms with van der Waals surface area (Å²) in [7, 11) is 0. The van der Waals surface area contributed by atoms with Crippen LogP contribution in [0.1, 0.15) is 84.5 Å². The van der Waals surface area contributed by atoms with Crippen LogP contribution in [0, 0.1) is 0 Å². The van der Waals surface area contributed by atoms with E-state index in [-0.39, 0.29) is 71.0 Å². The molecule has 0 radical (unpaired) electrons. The van der Waals surface area contributed by atoms with Gasteiger partial charge in [-0.15, -0.1) is 0 Å². The van der Waals surface area contributed by atoms with Crippen LogP contribution in [0.25, 0.3) is 33.6 Å². The Labute approximate surface area is 416 Å². The predicted octanol–water partition coefficient (Wildman–Crippen LogP) is 7.22. The zero-order chi connectivity index (χ0) is 52.0. The predicted molar refractivity (Wildman–Crippen MR) is 271 cm³/mol. The van der Waals surface area contributed by atoms with E-state index in [9.17, 15) is 49.2 Å². The number of hydrogen-bond acceptors (Lipinski definition) is 12. The molecule has 2 amide bonds. The number of carbonyl (C=O) groups is 6. The summed E-state index contributed by atoms with van der Waals surface area (Å²) in [5.74, 6) is -7.43. The van der Waals surface area contributed by atoms with Gasteiger partial charge in [-0.3, -0.25) is 29.0 Å². The minimum absolute atomic E-state index is 0.00212. The molecule has 0 saturated heterocycles. The van der Waals surface area contributed by atoms with Crippen LogP contribution in [0.4, 0.5) is 11.4 Å². The van der Waals surface area contributed by atoms with Gasteiger partial charge in [0.15, 0.2) is 11.3 Å². The Hall–Kier alpha value is -8.48. The van der Waals surface area contributed by atoms with Crippen molar-refractivity contribution in [2.45, 2.75) is 76.8 Å². The monoisotopic (exact) mass is 978 g/mol. The maximum absolute atomic E-state index is 13.9. The van der Waals surface area contributed by atoms with Crippen molar-refractivity contribution in [3.63, 3.8) is 0 Å².